The summed E-state index contributed by atoms with van der Waals surface area (Å²) in [6.07, 6.45) is -3.13. The van der Waals surface area contributed by atoms with Crippen molar-refractivity contribution in [3.8, 4) is 0 Å². The lowest BCUT2D eigenvalue weighted by Gasteiger charge is -2.19. The summed E-state index contributed by atoms with van der Waals surface area (Å²) in [5.41, 5.74) is 0.664. The Bertz CT molecular complexity index is 272. The zero-order valence-electron chi connectivity index (χ0n) is 7.71. The molecule has 4 heteroatoms. The van der Waals surface area contributed by atoms with Crippen LogP contribution in [-0.2, 0) is 11.3 Å². The highest BCUT2D eigenvalue weighted by atomic mass is 19.3. The molecule has 1 aromatic rings. The first-order chi connectivity index (χ1) is 6.52. The fourth-order valence-corrected chi connectivity index (χ4v) is 0.862. The van der Waals surface area contributed by atoms with E-state index >= 15 is 0 Å². The first kappa shape index (κ1) is 11.0. The number of rotatable bonds is 4. The van der Waals surface area contributed by atoms with Crippen molar-refractivity contribution in [3.63, 3.8) is 0 Å². The van der Waals surface area contributed by atoms with E-state index < -0.39 is 12.3 Å². The molecule has 1 nitrogen and oxygen atoms in total. The van der Waals surface area contributed by atoms with Gasteiger partial charge in [-0.1, -0.05) is 30.3 Å². The fourth-order valence-electron chi connectivity index (χ4n) is 0.862. The van der Waals surface area contributed by atoms with Crippen molar-refractivity contribution < 1.29 is 17.9 Å². The lowest BCUT2D eigenvalue weighted by Crippen LogP contribution is -2.31. The van der Waals surface area contributed by atoms with Gasteiger partial charge in [-0.3, -0.25) is 0 Å². The summed E-state index contributed by atoms with van der Waals surface area (Å²) < 4.78 is 41.4. The second-order valence-corrected chi connectivity index (χ2v) is 3.06. The van der Waals surface area contributed by atoms with E-state index in [0.29, 0.717) is 5.56 Å². The van der Waals surface area contributed by atoms with E-state index in [2.05, 4.69) is 4.74 Å². The maximum atomic E-state index is 12.9. The van der Waals surface area contributed by atoms with E-state index in [9.17, 15) is 13.2 Å². The van der Waals surface area contributed by atoms with Gasteiger partial charge >= 0.3 is 0 Å². The minimum absolute atomic E-state index is 0.155. The fraction of sp³-hybridized carbons (Fsp3) is 0.400. The van der Waals surface area contributed by atoms with Crippen LogP contribution in [-0.4, -0.2) is 12.3 Å². The standard InChI is InChI=1S/C10H11F3O/c1-10(13,9(11)12)14-7-8-5-3-2-4-6-8/h2-6,9H,7H2,1H3. The Labute approximate surface area is 80.5 Å². The van der Waals surface area contributed by atoms with E-state index in [1.54, 1.807) is 30.3 Å². The van der Waals surface area contributed by atoms with Crippen molar-refractivity contribution in [2.45, 2.75) is 25.8 Å². The molecule has 0 radical (unpaired) electrons. The third-order valence-corrected chi connectivity index (χ3v) is 1.75. The monoisotopic (exact) mass is 204 g/mol. The van der Waals surface area contributed by atoms with Crippen molar-refractivity contribution in [1.29, 1.82) is 0 Å². The summed E-state index contributed by atoms with van der Waals surface area (Å²) in [6, 6.07) is 8.61. The highest BCUT2D eigenvalue weighted by Gasteiger charge is 2.35. The van der Waals surface area contributed by atoms with Crippen LogP contribution in [0.5, 0.6) is 0 Å². The molecule has 1 atom stereocenters. The Morgan fingerprint density at radius 1 is 1.29 bits per heavy atom. The molecule has 78 valence electrons. The maximum Gasteiger partial charge on any atom is 0.296 e. The molecular weight excluding hydrogens is 193 g/mol. The van der Waals surface area contributed by atoms with Crippen LogP contribution in [0.1, 0.15) is 12.5 Å². The Balaban J connectivity index is 2.49. The Hall–Kier alpha value is -1.03. The molecule has 0 aromatic heterocycles. The summed E-state index contributed by atoms with van der Waals surface area (Å²) in [5, 5.41) is 0. The average molecular weight is 204 g/mol. The van der Waals surface area contributed by atoms with Crippen LogP contribution in [0.25, 0.3) is 0 Å². The highest BCUT2D eigenvalue weighted by molar-refractivity contribution is 5.13. The average Bonchev–Trinajstić information content (AvgIpc) is 2.16. The van der Waals surface area contributed by atoms with Crippen LogP contribution in [0.15, 0.2) is 30.3 Å². The Morgan fingerprint density at radius 3 is 2.36 bits per heavy atom. The summed E-state index contributed by atoms with van der Waals surface area (Å²) in [4.78, 5) is 0. The zero-order chi connectivity index (χ0) is 10.6. The van der Waals surface area contributed by atoms with E-state index in [1.165, 1.54) is 0 Å². The number of alkyl halides is 3. The molecule has 0 aliphatic heterocycles. The number of benzene rings is 1. The molecule has 1 rings (SSSR count). The molecule has 0 bridgehead atoms. The third-order valence-electron chi connectivity index (χ3n) is 1.75. The van der Waals surface area contributed by atoms with Gasteiger partial charge in [0.15, 0.2) is 0 Å². The Morgan fingerprint density at radius 2 is 1.86 bits per heavy atom. The maximum absolute atomic E-state index is 12.9. The lowest BCUT2D eigenvalue weighted by molar-refractivity contribution is -0.215. The molecule has 0 fully saturated rings. The van der Waals surface area contributed by atoms with Gasteiger partial charge in [0.1, 0.15) is 0 Å². The van der Waals surface area contributed by atoms with Crippen molar-refractivity contribution >= 4 is 0 Å². The van der Waals surface area contributed by atoms with Crippen LogP contribution in [0.2, 0.25) is 0 Å². The summed E-state index contributed by atoms with van der Waals surface area (Å²) >= 11 is 0. The molecule has 0 amide bonds. The minimum Gasteiger partial charge on any atom is -0.337 e. The second kappa shape index (κ2) is 4.46. The van der Waals surface area contributed by atoms with E-state index in [0.717, 1.165) is 6.92 Å². The number of ether oxygens (including phenoxy) is 1. The van der Waals surface area contributed by atoms with Gasteiger partial charge in [0.2, 0.25) is 0 Å². The van der Waals surface area contributed by atoms with Crippen molar-refractivity contribution in [3.05, 3.63) is 35.9 Å². The van der Waals surface area contributed by atoms with Gasteiger partial charge in [-0.05, 0) is 5.56 Å². The molecule has 0 heterocycles. The molecule has 1 unspecified atom stereocenters. The number of hydrogen-bond donors (Lipinski definition) is 0. The van der Waals surface area contributed by atoms with E-state index in [1.807, 2.05) is 0 Å². The van der Waals surface area contributed by atoms with Crippen molar-refractivity contribution in [2.24, 2.45) is 0 Å². The highest BCUT2D eigenvalue weighted by Crippen LogP contribution is 2.23. The van der Waals surface area contributed by atoms with Crippen LogP contribution >= 0.6 is 0 Å². The molecule has 0 aliphatic rings. The largest absolute Gasteiger partial charge is 0.337 e. The van der Waals surface area contributed by atoms with Gasteiger partial charge in [0.05, 0.1) is 6.61 Å². The SMILES string of the molecule is CC(F)(OCc1ccccc1)C(F)F. The molecule has 0 saturated heterocycles. The normalized spacial score (nSPS) is 15.5. The van der Waals surface area contributed by atoms with Gasteiger partial charge in [0, 0.05) is 6.92 Å². The van der Waals surface area contributed by atoms with Gasteiger partial charge in [-0.25, -0.2) is 13.2 Å². The molecule has 0 N–H and O–H groups in total. The lowest BCUT2D eigenvalue weighted by atomic mass is 10.2. The van der Waals surface area contributed by atoms with Gasteiger partial charge in [-0.15, -0.1) is 0 Å². The van der Waals surface area contributed by atoms with Crippen LogP contribution in [0.4, 0.5) is 13.2 Å². The molecule has 0 aliphatic carbocycles. The topological polar surface area (TPSA) is 9.23 Å². The van der Waals surface area contributed by atoms with E-state index in [-0.39, 0.29) is 6.61 Å². The quantitative estimate of drug-likeness (QED) is 0.732. The number of hydrogen-bond acceptors (Lipinski definition) is 1. The third kappa shape index (κ3) is 3.03. The van der Waals surface area contributed by atoms with Crippen molar-refractivity contribution in [1.82, 2.24) is 0 Å². The first-order valence-electron chi connectivity index (χ1n) is 4.17. The molecule has 0 spiro atoms. The van der Waals surface area contributed by atoms with Gasteiger partial charge < -0.3 is 4.74 Å². The van der Waals surface area contributed by atoms with Crippen LogP contribution < -0.4 is 0 Å². The first-order valence-corrected chi connectivity index (χ1v) is 4.17. The smallest absolute Gasteiger partial charge is 0.296 e. The second-order valence-electron chi connectivity index (χ2n) is 3.06. The van der Waals surface area contributed by atoms with E-state index in [4.69, 9.17) is 0 Å². The number of halogens is 3. The summed E-state index contributed by atoms with van der Waals surface area (Å²) in [6.45, 7) is 0.568. The summed E-state index contributed by atoms with van der Waals surface area (Å²) in [5.74, 6) is -2.88. The predicted molar refractivity (Wildman–Crippen MR) is 46.7 cm³/mol. The predicted octanol–water partition coefficient (Wildman–Crippen LogP) is 3.15. The summed E-state index contributed by atoms with van der Waals surface area (Å²) in [7, 11) is 0. The molecule has 14 heavy (non-hydrogen) atoms. The Kier molecular flexibility index (Phi) is 3.52. The zero-order valence-corrected chi connectivity index (χ0v) is 7.71. The van der Waals surface area contributed by atoms with Gasteiger partial charge in [0.25, 0.3) is 12.3 Å². The molecule has 0 saturated carbocycles. The van der Waals surface area contributed by atoms with Crippen LogP contribution in [0.3, 0.4) is 0 Å². The minimum atomic E-state index is -3.13. The molecular formula is C10H11F3O. The van der Waals surface area contributed by atoms with Gasteiger partial charge in [-0.2, -0.15) is 0 Å². The molecule has 1 aromatic carbocycles. The van der Waals surface area contributed by atoms with Crippen LogP contribution in [0, 0.1) is 0 Å². The van der Waals surface area contributed by atoms with Crippen molar-refractivity contribution in [2.75, 3.05) is 0 Å².